The molecule has 10 nitrogen and oxygen atoms in total. The van der Waals surface area contributed by atoms with Crippen LogP contribution in [0, 0.1) is 11.6 Å². The minimum atomic E-state index is -0.912. The molecule has 0 spiro atoms. The lowest BCUT2D eigenvalue weighted by Crippen LogP contribution is -2.42. The Labute approximate surface area is 248 Å². The Hall–Kier alpha value is -5.91. The highest BCUT2D eigenvalue weighted by molar-refractivity contribution is 6.04. The third-order valence-corrected chi connectivity index (χ3v) is 6.92. The van der Waals surface area contributed by atoms with E-state index in [0.29, 0.717) is 11.0 Å². The van der Waals surface area contributed by atoms with Crippen LogP contribution in [0.15, 0.2) is 101 Å². The first-order chi connectivity index (χ1) is 21.2. The first-order valence-corrected chi connectivity index (χ1v) is 13.5. The van der Waals surface area contributed by atoms with Gasteiger partial charge in [-0.2, -0.15) is 0 Å². The number of halogens is 2. The number of benzene rings is 3. The number of H-pyrrole nitrogens is 1. The number of hydrogen-bond acceptors (Lipinski definition) is 6. The van der Waals surface area contributed by atoms with Crippen molar-refractivity contribution in [3.05, 3.63) is 130 Å². The summed E-state index contributed by atoms with van der Waals surface area (Å²) in [5.41, 5.74) is 0.319. The van der Waals surface area contributed by atoms with E-state index in [2.05, 4.69) is 20.3 Å². The number of aromatic nitrogens is 5. The Morgan fingerprint density at radius 2 is 1.73 bits per heavy atom. The van der Waals surface area contributed by atoms with Gasteiger partial charge >= 0.3 is 5.69 Å². The normalized spacial score (nSPS) is 11.2. The first kappa shape index (κ1) is 28.2. The standard InChI is InChI=1S/C32H24F2N6O4/c1-18(2)39-16-24(31(42)40(32(39)43)22-11-8-20(33)9-12-22)29(41)38-21-10-13-26(25(34)14-21)44-30-27-23(19-6-4-3-5-7-19)15-35-28(27)36-17-37-30/h3-18H,1-2H3,(H,38,41)(H,35,36,37). The molecule has 0 unspecified atom stereocenters. The second kappa shape index (κ2) is 11.4. The van der Waals surface area contributed by atoms with Crippen LogP contribution in [0.5, 0.6) is 11.6 Å². The van der Waals surface area contributed by atoms with E-state index in [1.54, 1.807) is 20.0 Å². The monoisotopic (exact) mass is 594 g/mol. The SMILES string of the molecule is CC(C)n1cc(C(=O)Nc2ccc(Oc3ncnc4[nH]cc(-c5ccccc5)c34)c(F)c2)c(=O)n(-c2ccc(F)cc2)c1=O. The van der Waals surface area contributed by atoms with Gasteiger partial charge in [-0.1, -0.05) is 30.3 Å². The summed E-state index contributed by atoms with van der Waals surface area (Å²) in [7, 11) is 0. The number of nitrogens with one attached hydrogen (secondary N) is 2. The molecule has 0 radical (unpaired) electrons. The van der Waals surface area contributed by atoms with Crippen LogP contribution in [0.25, 0.3) is 27.8 Å². The summed E-state index contributed by atoms with van der Waals surface area (Å²) >= 11 is 0. The van der Waals surface area contributed by atoms with Crippen LogP contribution >= 0.6 is 0 Å². The zero-order valence-corrected chi connectivity index (χ0v) is 23.4. The minimum Gasteiger partial charge on any atom is -0.435 e. The molecule has 0 aliphatic rings. The molecule has 3 aromatic heterocycles. The van der Waals surface area contributed by atoms with Crippen LogP contribution in [0.2, 0.25) is 0 Å². The van der Waals surface area contributed by atoms with Crippen molar-refractivity contribution < 1.29 is 18.3 Å². The summed E-state index contributed by atoms with van der Waals surface area (Å²) in [5, 5.41) is 3.07. The number of fused-ring (bicyclic) bond motifs is 1. The van der Waals surface area contributed by atoms with Crippen molar-refractivity contribution in [2.45, 2.75) is 19.9 Å². The van der Waals surface area contributed by atoms with Crippen LogP contribution in [-0.4, -0.2) is 30.0 Å². The largest absolute Gasteiger partial charge is 0.435 e. The smallest absolute Gasteiger partial charge is 0.335 e. The van der Waals surface area contributed by atoms with E-state index in [-0.39, 0.29) is 28.6 Å². The molecule has 6 aromatic rings. The number of carbonyl (C=O) groups excluding carboxylic acids is 1. The predicted molar refractivity (Wildman–Crippen MR) is 160 cm³/mol. The van der Waals surface area contributed by atoms with E-state index in [0.717, 1.165) is 40.1 Å². The van der Waals surface area contributed by atoms with Crippen molar-refractivity contribution >= 4 is 22.6 Å². The molecule has 0 bridgehead atoms. The average molecular weight is 595 g/mol. The summed E-state index contributed by atoms with van der Waals surface area (Å²) < 4.78 is 36.7. The highest BCUT2D eigenvalue weighted by atomic mass is 19.1. The Morgan fingerprint density at radius 3 is 2.43 bits per heavy atom. The quantitative estimate of drug-likeness (QED) is 0.239. The van der Waals surface area contributed by atoms with Crippen molar-refractivity contribution in [3.63, 3.8) is 0 Å². The molecule has 0 saturated carbocycles. The Kier molecular flexibility index (Phi) is 7.31. The molecule has 0 fully saturated rings. The fourth-order valence-electron chi connectivity index (χ4n) is 4.74. The molecule has 2 N–H and O–H groups in total. The van der Waals surface area contributed by atoms with Gasteiger partial charge in [-0.05, 0) is 55.8 Å². The number of aromatic amines is 1. The number of hydrogen-bond donors (Lipinski definition) is 2. The van der Waals surface area contributed by atoms with Gasteiger partial charge in [0.25, 0.3) is 11.5 Å². The third-order valence-electron chi connectivity index (χ3n) is 6.92. The maximum absolute atomic E-state index is 15.3. The lowest BCUT2D eigenvalue weighted by atomic mass is 10.1. The van der Waals surface area contributed by atoms with E-state index in [1.807, 2.05) is 30.3 Å². The summed E-state index contributed by atoms with van der Waals surface area (Å²) in [5.74, 6) is -2.26. The van der Waals surface area contributed by atoms with Gasteiger partial charge in [-0.3, -0.25) is 14.2 Å². The van der Waals surface area contributed by atoms with Gasteiger partial charge in [0, 0.05) is 35.8 Å². The number of ether oxygens (including phenoxy) is 1. The lowest BCUT2D eigenvalue weighted by Gasteiger charge is -2.16. The molecule has 3 heterocycles. The highest BCUT2D eigenvalue weighted by Gasteiger charge is 2.21. The van der Waals surface area contributed by atoms with Gasteiger partial charge < -0.3 is 15.0 Å². The molecule has 44 heavy (non-hydrogen) atoms. The molecular formula is C32H24F2N6O4. The van der Waals surface area contributed by atoms with Crippen LogP contribution in [0.1, 0.15) is 30.2 Å². The molecule has 12 heteroatoms. The average Bonchev–Trinajstić information content (AvgIpc) is 3.45. The van der Waals surface area contributed by atoms with Crippen LogP contribution in [-0.2, 0) is 0 Å². The summed E-state index contributed by atoms with van der Waals surface area (Å²) in [4.78, 5) is 51.2. The Morgan fingerprint density at radius 1 is 0.977 bits per heavy atom. The third kappa shape index (κ3) is 5.24. The molecule has 0 aliphatic carbocycles. The molecule has 3 aromatic carbocycles. The zero-order valence-electron chi connectivity index (χ0n) is 23.4. The van der Waals surface area contributed by atoms with Crippen LogP contribution in [0.3, 0.4) is 0 Å². The highest BCUT2D eigenvalue weighted by Crippen LogP contribution is 2.36. The van der Waals surface area contributed by atoms with Crippen molar-refractivity contribution in [3.8, 4) is 28.4 Å². The predicted octanol–water partition coefficient (Wildman–Crippen LogP) is 5.84. The number of amides is 1. The lowest BCUT2D eigenvalue weighted by molar-refractivity contribution is 0.102. The molecule has 1 amide bonds. The number of nitrogens with zero attached hydrogens (tertiary/aromatic N) is 4. The van der Waals surface area contributed by atoms with Crippen molar-refractivity contribution in [1.82, 2.24) is 24.1 Å². The van der Waals surface area contributed by atoms with E-state index < -0.39 is 34.8 Å². The number of rotatable bonds is 7. The van der Waals surface area contributed by atoms with Gasteiger partial charge in [0.15, 0.2) is 11.6 Å². The molecule has 6 rings (SSSR count). The topological polar surface area (TPSA) is 124 Å². The van der Waals surface area contributed by atoms with Gasteiger partial charge in [-0.25, -0.2) is 28.1 Å². The van der Waals surface area contributed by atoms with Gasteiger partial charge in [0.2, 0.25) is 5.88 Å². The maximum atomic E-state index is 15.3. The Bertz CT molecular complexity index is 2140. The Balaban J connectivity index is 1.30. The van der Waals surface area contributed by atoms with E-state index in [1.165, 1.54) is 35.2 Å². The van der Waals surface area contributed by atoms with E-state index in [4.69, 9.17) is 4.74 Å². The molecule has 0 saturated heterocycles. The zero-order chi connectivity index (χ0) is 31.0. The van der Waals surface area contributed by atoms with Crippen LogP contribution < -0.4 is 21.3 Å². The second-order valence-corrected chi connectivity index (χ2v) is 10.1. The van der Waals surface area contributed by atoms with Crippen molar-refractivity contribution in [2.24, 2.45) is 0 Å². The van der Waals surface area contributed by atoms with Crippen LogP contribution in [0.4, 0.5) is 14.5 Å². The molecular weight excluding hydrogens is 570 g/mol. The summed E-state index contributed by atoms with van der Waals surface area (Å²) in [6.07, 6.45) is 4.22. The van der Waals surface area contributed by atoms with E-state index >= 15 is 4.39 Å². The molecule has 0 atom stereocenters. The van der Waals surface area contributed by atoms with Gasteiger partial charge in [-0.15, -0.1) is 0 Å². The van der Waals surface area contributed by atoms with Gasteiger partial charge in [0.05, 0.1) is 11.1 Å². The summed E-state index contributed by atoms with van der Waals surface area (Å²) in [6, 6.07) is 17.6. The van der Waals surface area contributed by atoms with Crippen molar-refractivity contribution in [2.75, 3.05) is 5.32 Å². The van der Waals surface area contributed by atoms with E-state index in [9.17, 15) is 18.8 Å². The van der Waals surface area contributed by atoms with Gasteiger partial charge in [0.1, 0.15) is 23.4 Å². The minimum absolute atomic E-state index is 0.0364. The molecule has 220 valence electrons. The van der Waals surface area contributed by atoms with Crippen molar-refractivity contribution in [1.29, 1.82) is 0 Å². The second-order valence-electron chi connectivity index (χ2n) is 10.1. The fraction of sp³-hybridized carbons (Fsp3) is 0.0938. The first-order valence-electron chi connectivity index (χ1n) is 13.5. The number of carbonyl (C=O) groups is 1. The number of anilines is 1. The maximum Gasteiger partial charge on any atom is 0.335 e. The molecule has 0 aliphatic heterocycles. The summed E-state index contributed by atoms with van der Waals surface area (Å²) in [6.45, 7) is 3.41. The fourth-order valence-corrected chi connectivity index (χ4v) is 4.74.